The number of halogens is 2. The molecule has 138 valence electrons. The number of rotatable bonds is 4. The molecule has 26 heavy (non-hydrogen) atoms. The molecule has 2 aromatic rings. The lowest BCUT2D eigenvalue weighted by atomic mass is 10.2. The lowest BCUT2D eigenvalue weighted by Crippen LogP contribution is -2.50. The van der Waals surface area contributed by atoms with Crippen molar-refractivity contribution in [2.75, 3.05) is 31.1 Å². The first-order chi connectivity index (χ1) is 12.3. The Bertz CT molecular complexity index is 930. The Morgan fingerprint density at radius 3 is 2.35 bits per heavy atom. The molecular formula is C16H15Cl2N3O4S. The number of aromatic nitrogens is 1. The zero-order valence-corrected chi connectivity index (χ0v) is 15.8. The number of aromatic amines is 1. The van der Waals surface area contributed by atoms with Crippen LogP contribution in [0, 0.1) is 0 Å². The summed E-state index contributed by atoms with van der Waals surface area (Å²) in [5.74, 6) is -0.666. The molecule has 0 amide bonds. The molecule has 3 rings (SSSR count). The van der Waals surface area contributed by atoms with Crippen LogP contribution in [0.4, 0.5) is 5.82 Å². The number of hydrogen-bond acceptors (Lipinski definition) is 5. The smallest absolute Gasteiger partial charge is 0.274 e. The van der Waals surface area contributed by atoms with E-state index in [0.29, 0.717) is 13.1 Å². The molecule has 0 unspecified atom stereocenters. The Kier molecular flexibility index (Phi) is 5.38. The van der Waals surface area contributed by atoms with Crippen LogP contribution in [-0.2, 0) is 10.0 Å². The summed E-state index contributed by atoms with van der Waals surface area (Å²) < 4.78 is 27.1. The van der Waals surface area contributed by atoms with Crippen LogP contribution in [0.15, 0.2) is 41.4 Å². The second-order valence-electron chi connectivity index (χ2n) is 5.69. The molecule has 0 atom stereocenters. The summed E-state index contributed by atoms with van der Waals surface area (Å²) in [5, 5.41) is 10.8. The normalized spacial score (nSPS) is 15.8. The topological polar surface area (TPSA) is 94.9 Å². The average Bonchev–Trinajstić information content (AvgIpc) is 2.62. The van der Waals surface area contributed by atoms with Crippen LogP contribution in [0.2, 0.25) is 10.0 Å². The number of carboxylic acids is 1. The minimum atomic E-state index is -3.96. The van der Waals surface area contributed by atoms with E-state index in [9.17, 15) is 18.3 Å². The molecule has 1 N–H and O–H groups in total. The van der Waals surface area contributed by atoms with Crippen LogP contribution in [0.5, 0.6) is 0 Å². The van der Waals surface area contributed by atoms with Gasteiger partial charge in [0.15, 0.2) is 0 Å². The Morgan fingerprint density at radius 2 is 1.77 bits per heavy atom. The van der Waals surface area contributed by atoms with Gasteiger partial charge < -0.3 is 9.90 Å². The third kappa shape index (κ3) is 3.64. The fourth-order valence-corrected chi connectivity index (χ4v) is 5.02. The first kappa shape index (κ1) is 18.9. The molecule has 1 fully saturated rings. The maximum atomic E-state index is 12.9. The molecule has 7 nitrogen and oxygen atoms in total. The van der Waals surface area contributed by atoms with Gasteiger partial charge in [-0.3, -0.25) is 4.90 Å². The van der Waals surface area contributed by atoms with Crippen LogP contribution < -0.4 is 15.0 Å². The Hall–Kier alpha value is -1.87. The molecule has 1 aliphatic rings. The molecule has 1 aromatic heterocycles. The van der Waals surface area contributed by atoms with Gasteiger partial charge in [0.05, 0.1) is 48.4 Å². The van der Waals surface area contributed by atoms with Crippen molar-refractivity contribution in [2.45, 2.75) is 4.90 Å². The lowest BCUT2D eigenvalue weighted by Gasteiger charge is -2.30. The fourth-order valence-electron chi connectivity index (χ4n) is 2.77. The maximum Gasteiger partial charge on any atom is 0.274 e. The lowest BCUT2D eigenvalue weighted by molar-refractivity contribution is -0.364. The predicted octanol–water partition coefficient (Wildman–Crippen LogP) is 0.682. The molecule has 1 aromatic carbocycles. The number of carbonyl (C=O) groups is 1. The molecule has 10 heteroatoms. The highest BCUT2D eigenvalue weighted by Gasteiger charge is 2.33. The van der Waals surface area contributed by atoms with Crippen LogP contribution >= 0.6 is 23.2 Å². The van der Waals surface area contributed by atoms with Crippen molar-refractivity contribution in [1.29, 1.82) is 0 Å². The summed E-state index contributed by atoms with van der Waals surface area (Å²) in [6.07, 6.45) is 1.80. The zero-order valence-electron chi connectivity index (χ0n) is 13.5. The van der Waals surface area contributed by atoms with E-state index in [-0.39, 0.29) is 28.0 Å². The molecule has 2 heterocycles. The third-order valence-electron chi connectivity index (χ3n) is 4.13. The van der Waals surface area contributed by atoms with E-state index in [1.54, 1.807) is 6.20 Å². The fraction of sp³-hybridized carbons (Fsp3) is 0.250. The summed E-state index contributed by atoms with van der Waals surface area (Å²) in [6.45, 7) is 1.45. The van der Waals surface area contributed by atoms with Gasteiger partial charge in [0.25, 0.3) is 5.82 Å². The van der Waals surface area contributed by atoms with Crippen molar-refractivity contribution in [3.63, 3.8) is 0 Å². The van der Waals surface area contributed by atoms with Gasteiger partial charge in [-0.2, -0.15) is 4.31 Å². The summed E-state index contributed by atoms with van der Waals surface area (Å²) in [5.41, 5.74) is -0.410. The van der Waals surface area contributed by atoms with Crippen molar-refractivity contribution >= 4 is 45.0 Å². The molecule has 1 saturated heterocycles. The predicted molar refractivity (Wildman–Crippen MR) is 94.8 cm³/mol. The van der Waals surface area contributed by atoms with Crippen LogP contribution in [0.3, 0.4) is 0 Å². The number of hydrogen-bond donors (Lipinski definition) is 0. The first-order valence-electron chi connectivity index (χ1n) is 7.73. The van der Waals surface area contributed by atoms with E-state index in [2.05, 4.69) is 4.98 Å². The minimum absolute atomic E-state index is 0.126. The van der Waals surface area contributed by atoms with Crippen LogP contribution in [-0.4, -0.2) is 44.9 Å². The highest BCUT2D eigenvalue weighted by Crippen LogP contribution is 2.31. The number of carboxylic acid groups (broad SMARTS) is 1. The Labute approximate surface area is 160 Å². The number of benzene rings is 1. The highest BCUT2D eigenvalue weighted by molar-refractivity contribution is 7.89. The molecule has 0 radical (unpaired) electrons. The summed E-state index contributed by atoms with van der Waals surface area (Å²) in [7, 11) is -3.96. The number of aromatic carboxylic acids is 1. The first-order valence-corrected chi connectivity index (χ1v) is 9.92. The Balaban J connectivity index is 1.84. The van der Waals surface area contributed by atoms with Gasteiger partial charge in [-0.1, -0.05) is 29.3 Å². The van der Waals surface area contributed by atoms with E-state index in [1.807, 2.05) is 23.1 Å². The number of nitrogens with zero attached hydrogens (tertiary/aromatic N) is 2. The van der Waals surface area contributed by atoms with Gasteiger partial charge in [0.1, 0.15) is 4.90 Å². The highest BCUT2D eigenvalue weighted by atomic mass is 35.5. The number of nitrogens with one attached hydrogen (secondary N) is 1. The minimum Gasteiger partial charge on any atom is -0.545 e. The number of anilines is 1. The number of sulfonamides is 1. The molecule has 0 spiro atoms. The third-order valence-corrected chi connectivity index (χ3v) is 6.81. The van der Waals surface area contributed by atoms with E-state index in [0.717, 1.165) is 18.0 Å². The van der Waals surface area contributed by atoms with Crippen molar-refractivity contribution in [3.05, 3.63) is 52.1 Å². The van der Waals surface area contributed by atoms with E-state index < -0.39 is 21.6 Å². The van der Waals surface area contributed by atoms with Crippen molar-refractivity contribution in [2.24, 2.45) is 0 Å². The molecule has 0 saturated carbocycles. The van der Waals surface area contributed by atoms with E-state index >= 15 is 0 Å². The molecule has 0 bridgehead atoms. The van der Waals surface area contributed by atoms with Gasteiger partial charge in [0, 0.05) is 11.6 Å². The number of piperazine rings is 1. The molecular weight excluding hydrogens is 401 g/mol. The van der Waals surface area contributed by atoms with Crippen molar-refractivity contribution in [1.82, 2.24) is 4.31 Å². The summed E-state index contributed by atoms with van der Waals surface area (Å²) >= 11 is 11.8. The van der Waals surface area contributed by atoms with Gasteiger partial charge in [-0.05, 0) is 18.2 Å². The van der Waals surface area contributed by atoms with Crippen LogP contribution in [0.25, 0.3) is 0 Å². The largest absolute Gasteiger partial charge is 0.545 e. The SMILES string of the molecule is O=C([O-])c1cc(S(=O)(=O)N2CCN(c3cccc[nH+]3)CC2)c(Cl)cc1Cl. The second kappa shape index (κ2) is 7.40. The molecule has 0 aliphatic carbocycles. The van der Waals surface area contributed by atoms with Gasteiger partial charge >= 0.3 is 0 Å². The molecule has 1 aliphatic heterocycles. The monoisotopic (exact) mass is 415 g/mol. The van der Waals surface area contributed by atoms with E-state index in [4.69, 9.17) is 23.2 Å². The Morgan fingerprint density at radius 1 is 1.08 bits per heavy atom. The standard InChI is InChI=1S/C16H15Cl2N3O4S/c17-12-10-13(18)14(9-11(12)16(22)23)26(24,25)21-7-5-20(6-8-21)15-3-1-2-4-19-15/h1-4,9-10H,5-8H2,(H,22,23). The number of H-pyrrole nitrogens is 1. The van der Waals surface area contributed by atoms with Crippen molar-refractivity contribution in [3.8, 4) is 0 Å². The maximum absolute atomic E-state index is 12.9. The van der Waals surface area contributed by atoms with Gasteiger partial charge in [0.2, 0.25) is 10.0 Å². The number of carbonyl (C=O) groups excluding carboxylic acids is 1. The zero-order chi connectivity index (χ0) is 18.9. The average molecular weight is 416 g/mol. The number of pyridine rings is 1. The second-order valence-corrected chi connectivity index (χ2v) is 8.41. The quantitative estimate of drug-likeness (QED) is 0.731. The van der Waals surface area contributed by atoms with Crippen LogP contribution in [0.1, 0.15) is 10.4 Å². The summed E-state index contributed by atoms with van der Waals surface area (Å²) in [4.78, 5) is 16.0. The van der Waals surface area contributed by atoms with Gasteiger partial charge in [-0.25, -0.2) is 13.4 Å². The van der Waals surface area contributed by atoms with Gasteiger partial charge in [-0.15, -0.1) is 0 Å². The van der Waals surface area contributed by atoms with Crippen molar-refractivity contribution < 1.29 is 23.3 Å². The van der Waals surface area contributed by atoms with E-state index in [1.165, 1.54) is 4.31 Å². The summed E-state index contributed by atoms with van der Waals surface area (Å²) in [6, 6.07) is 7.72.